The van der Waals surface area contributed by atoms with Gasteiger partial charge in [0.15, 0.2) is 4.34 Å². The fraction of sp³-hybridized carbons (Fsp3) is 0.250. The zero-order valence-corrected chi connectivity index (χ0v) is 14.6. The van der Waals surface area contributed by atoms with Gasteiger partial charge in [-0.05, 0) is 5.56 Å². The lowest BCUT2D eigenvalue weighted by molar-refractivity contribution is -0.130. The zero-order valence-electron chi connectivity index (χ0n) is 13.0. The average Bonchev–Trinajstić information content (AvgIpc) is 3.28. The molecule has 8 heteroatoms. The molecule has 0 saturated carbocycles. The monoisotopic (exact) mass is 359 g/mol. The van der Waals surface area contributed by atoms with Crippen LogP contribution in [0.3, 0.4) is 0 Å². The lowest BCUT2D eigenvalue weighted by atomic mass is 10.0. The Morgan fingerprint density at radius 1 is 1.42 bits per heavy atom. The van der Waals surface area contributed by atoms with Crippen molar-refractivity contribution in [2.75, 3.05) is 17.6 Å². The van der Waals surface area contributed by atoms with Gasteiger partial charge in [-0.3, -0.25) is 4.79 Å². The maximum atomic E-state index is 12.5. The molecule has 0 radical (unpaired) electrons. The van der Waals surface area contributed by atoms with Crippen molar-refractivity contribution in [3.05, 3.63) is 48.6 Å². The van der Waals surface area contributed by atoms with Crippen LogP contribution in [0.5, 0.6) is 0 Å². The van der Waals surface area contributed by atoms with Crippen LogP contribution in [0, 0.1) is 0 Å². The number of hydrogen-bond donors (Lipinski definition) is 1. The number of carbonyl (C=O) groups excluding carboxylic acids is 1. The molecule has 2 aromatic rings. The normalized spacial score (nSPS) is 16.3. The quantitative estimate of drug-likeness (QED) is 0.607. The Labute approximate surface area is 148 Å². The summed E-state index contributed by atoms with van der Waals surface area (Å²) in [6.45, 7) is 4.28. The minimum absolute atomic E-state index is 0.0152. The molecule has 0 bridgehead atoms. The molecule has 0 saturated heterocycles. The van der Waals surface area contributed by atoms with Crippen molar-refractivity contribution in [3.63, 3.8) is 0 Å². The Morgan fingerprint density at radius 2 is 2.25 bits per heavy atom. The average molecular weight is 359 g/mol. The van der Waals surface area contributed by atoms with Crippen LogP contribution in [0.15, 0.2) is 52.4 Å². The van der Waals surface area contributed by atoms with Gasteiger partial charge in [0.05, 0.1) is 11.8 Å². The molecule has 0 aliphatic carbocycles. The number of thioether (sulfide) groups is 1. The molecule has 24 heavy (non-hydrogen) atoms. The number of hydrogen-bond acceptors (Lipinski definition) is 7. The van der Waals surface area contributed by atoms with Crippen molar-refractivity contribution in [2.45, 2.75) is 16.8 Å². The highest BCUT2D eigenvalue weighted by Crippen LogP contribution is 2.30. The van der Waals surface area contributed by atoms with Gasteiger partial charge in [-0.1, -0.05) is 59.5 Å². The van der Waals surface area contributed by atoms with Gasteiger partial charge in [-0.15, -0.1) is 16.8 Å². The molecule has 124 valence electrons. The third kappa shape index (κ3) is 4.01. The molecule has 1 aromatic heterocycles. The maximum Gasteiger partial charge on any atom is 0.253 e. The first kappa shape index (κ1) is 16.7. The molecular weight excluding hydrogens is 342 g/mol. The largest absolute Gasteiger partial charge is 0.357 e. The fourth-order valence-electron chi connectivity index (χ4n) is 2.29. The summed E-state index contributed by atoms with van der Waals surface area (Å²) in [4.78, 5) is 12.5. The third-order valence-corrected chi connectivity index (χ3v) is 5.39. The number of amides is 1. The summed E-state index contributed by atoms with van der Waals surface area (Å²) in [5.41, 5.74) is 1.10. The molecule has 1 atom stereocenters. The molecule has 1 N–H and O–H groups in total. The number of nitrogens with one attached hydrogen (secondary N) is 1. The van der Waals surface area contributed by atoms with E-state index in [1.54, 1.807) is 17.3 Å². The number of benzene rings is 1. The van der Waals surface area contributed by atoms with Crippen LogP contribution in [0.1, 0.15) is 18.0 Å². The molecule has 3 rings (SSSR count). The highest BCUT2D eigenvalue weighted by atomic mass is 32.2. The second kappa shape index (κ2) is 8.07. The van der Waals surface area contributed by atoms with Gasteiger partial charge in [0.1, 0.15) is 0 Å². The molecular formula is C16H17N5OS2. The van der Waals surface area contributed by atoms with Gasteiger partial charge >= 0.3 is 0 Å². The van der Waals surface area contributed by atoms with Crippen molar-refractivity contribution in [1.82, 2.24) is 15.2 Å². The van der Waals surface area contributed by atoms with Gasteiger partial charge in [-0.25, -0.2) is 5.01 Å². The first-order chi connectivity index (χ1) is 11.8. The third-order valence-electron chi connectivity index (χ3n) is 3.39. The molecule has 2 heterocycles. The first-order valence-corrected chi connectivity index (χ1v) is 9.28. The first-order valence-electron chi connectivity index (χ1n) is 7.48. The summed E-state index contributed by atoms with van der Waals surface area (Å²) in [6, 6.07) is 9.95. The molecule has 1 aliphatic rings. The van der Waals surface area contributed by atoms with Crippen LogP contribution >= 0.6 is 23.1 Å². The predicted molar refractivity (Wildman–Crippen MR) is 98.5 cm³/mol. The van der Waals surface area contributed by atoms with Crippen LogP contribution in [-0.2, 0) is 4.79 Å². The number of rotatable bonds is 7. The van der Waals surface area contributed by atoms with E-state index in [4.69, 9.17) is 0 Å². The van der Waals surface area contributed by atoms with Gasteiger partial charge in [0.2, 0.25) is 5.13 Å². The van der Waals surface area contributed by atoms with Gasteiger partial charge < -0.3 is 5.32 Å². The Morgan fingerprint density at radius 3 is 3.04 bits per heavy atom. The Bertz CT molecular complexity index is 731. The van der Waals surface area contributed by atoms with Crippen molar-refractivity contribution in [1.29, 1.82) is 0 Å². The maximum absolute atomic E-state index is 12.5. The van der Waals surface area contributed by atoms with Crippen molar-refractivity contribution < 1.29 is 4.79 Å². The molecule has 6 nitrogen and oxygen atoms in total. The standard InChI is InChI=1S/C16H17N5OS2/c1-2-9-17-15-19-20-16(24-15)23-11-14(22)21-13(8-10-18-21)12-6-4-3-5-7-12/h2-7,10,13H,1,8-9,11H2,(H,17,19)/t13-/m1/s1. The van der Waals surface area contributed by atoms with Crippen LogP contribution < -0.4 is 5.32 Å². The Kier molecular flexibility index (Phi) is 5.60. The topological polar surface area (TPSA) is 70.5 Å². The second-order valence-electron chi connectivity index (χ2n) is 5.03. The van der Waals surface area contributed by atoms with Crippen molar-refractivity contribution in [3.8, 4) is 0 Å². The van der Waals surface area contributed by atoms with Crippen LogP contribution in [0.25, 0.3) is 0 Å². The van der Waals surface area contributed by atoms with Crippen molar-refractivity contribution in [2.24, 2.45) is 5.10 Å². The lowest BCUT2D eigenvalue weighted by Gasteiger charge is -2.21. The van der Waals surface area contributed by atoms with Gasteiger partial charge in [0, 0.05) is 19.2 Å². The fourth-order valence-corrected chi connectivity index (χ4v) is 3.91. The van der Waals surface area contributed by atoms with E-state index in [0.29, 0.717) is 6.54 Å². The minimum atomic E-state index is -0.0293. The summed E-state index contributed by atoms with van der Waals surface area (Å²) in [6.07, 6.45) is 4.30. The number of hydrazone groups is 1. The van der Waals surface area contributed by atoms with Crippen LogP contribution in [-0.4, -0.2) is 39.6 Å². The number of anilines is 1. The van der Waals surface area contributed by atoms with E-state index in [0.717, 1.165) is 21.5 Å². The molecule has 1 aliphatic heterocycles. The van der Waals surface area contributed by atoms with Crippen LogP contribution in [0.4, 0.5) is 5.13 Å². The predicted octanol–water partition coefficient (Wildman–Crippen LogP) is 3.19. The summed E-state index contributed by atoms with van der Waals surface area (Å²) >= 11 is 2.81. The number of aromatic nitrogens is 2. The lowest BCUT2D eigenvalue weighted by Crippen LogP contribution is -2.28. The van der Waals surface area contributed by atoms with E-state index < -0.39 is 0 Å². The summed E-state index contributed by atoms with van der Waals surface area (Å²) in [7, 11) is 0. The van der Waals surface area contributed by atoms with Crippen molar-refractivity contribution >= 4 is 40.4 Å². The minimum Gasteiger partial charge on any atom is -0.357 e. The smallest absolute Gasteiger partial charge is 0.253 e. The van der Waals surface area contributed by atoms with E-state index in [1.165, 1.54) is 23.1 Å². The molecule has 1 aromatic carbocycles. The Hall–Kier alpha value is -2.19. The highest BCUT2D eigenvalue weighted by molar-refractivity contribution is 8.01. The Balaban J connectivity index is 1.57. The van der Waals surface area contributed by atoms with E-state index in [1.807, 2.05) is 30.3 Å². The highest BCUT2D eigenvalue weighted by Gasteiger charge is 2.28. The summed E-state index contributed by atoms with van der Waals surface area (Å²) in [5, 5.41) is 17.7. The zero-order chi connectivity index (χ0) is 16.8. The van der Waals surface area contributed by atoms with Gasteiger partial charge in [0.25, 0.3) is 5.91 Å². The second-order valence-corrected chi connectivity index (χ2v) is 7.23. The molecule has 0 spiro atoms. The number of carbonyl (C=O) groups is 1. The number of nitrogens with zero attached hydrogens (tertiary/aromatic N) is 4. The molecule has 0 fully saturated rings. The van der Waals surface area contributed by atoms with E-state index in [9.17, 15) is 4.79 Å². The van der Waals surface area contributed by atoms with Crippen LogP contribution in [0.2, 0.25) is 0 Å². The SMILES string of the molecule is C=CCNc1nnc(SCC(=O)N2N=CC[C@@H]2c2ccccc2)s1. The van der Waals surface area contributed by atoms with E-state index in [2.05, 4.69) is 27.2 Å². The van der Waals surface area contributed by atoms with Gasteiger partial charge in [-0.2, -0.15) is 5.10 Å². The van der Waals surface area contributed by atoms with E-state index in [-0.39, 0.29) is 17.7 Å². The molecule has 1 amide bonds. The molecule has 0 unspecified atom stereocenters. The van der Waals surface area contributed by atoms with E-state index >= 15 is 0 Å². The summed E-state index contributed by atoms with van der Waals surface area (Å²) < 4.78 is 0.759. The summed E-state index contributed by atoms with van der Waals surface area (Å²) in [5.74, 6) is 0.259.